The molecule has 1 aromatic heterocycles. The number of hydrogen-bond acceptors (Lipinski definition) is 3. The first-order valence-corrected chi connectivity index (χ1v) is 8.84. The lowest BCUT2D eigenvalue weighted by Gasteiger charge is -2.08. The molecule has 0 fully saturated rings. The topological polar surface area (TPSA) is 103 Å². The van der Waals surface area contributed by atoms with Crippen LogP contribution in [-0.2, 0) is 4.79 Å². The summed E-state index contributed by atoms with van der Waals surface area (Å²) in [6.07, 6.45) is 1.85. The second-order valence-corrected chi connectivity index (χ2v) is 6.23. The van der Waals surface area contributed by atoms with Crippen molar-refractivity contribution in [3.8, 4) is 0 Å². The number of H-pyrrole nitrogens is 1. The zero-order valence-corrected chi connectivity index (χ0v) is 15.2. The Bertz CT molecular complexity index is 1060. The van der Waals surface area contributed by atoms with Gasteiger partial charge in [0.05, 0.1) is 11.1 Å². The molecule has 0 unspecified atom stereocenters. The molecule has 0 saturated heterocycles. The summed E-state index contributed by atoms with van der Waals surface area (Å²) >= 11 is 0. The molecule has 29 heavy (non-hydrogen) atoms. The normalized spacial score (nSPS) is 10.6. The predicted molar refractivity (Wildman–Crippen MR) is 102 cm³/mol. The number of hydrazine groups is 1. The van der Waals surface area contributed by atoms with Gasteiger partial charge in [-0.05, 0) is 24.6 Å². The lowest BCUT2D eigenvalue weighted by atomic mass is 10.2. The fourth-order valence-electron chi connectivity index (χ4n) is 2.74. The Morgan fingerprint density at radius 2 is 1.72 bits per heavy atom. The number of hydrogen-bond donors (Lipinski definition) is 4. The van der Waals surface area contributed by atoms with Crippen molar-refractivity contribution in [2.75, 3.05) is 6.54 Å². The molecule has 4 N–H and O–H groups in total. The van der Waals surface area contributed by atoms with Crippen molar-refractivity contribution in [1.29, 1.82) is 0 Å². The average molecular weight is 400 g/mol. The maximum atomic E-state index is 13.5. The fraction of sp³-hybridized carbons (Fsp3) is 0.150. The molecule has 0 aliphatic rings. The molecule has 0 aliphatic heterocycles. The van der Waals surface area contributed by atoms with Gasteiger partial charge in [0, 0.05) is 36.1 Å². The van der Waals surface area contributed by atoms with Crippen LogP contribution in [0.25, 0.3) is 10.9 Å². The molecule has 0 bridgehead atoms. The lowest BCUT2D eigenvalue weighted by molar-refractivity contribution is -0.121. The first-order chi connectivity index (χ1) is 14.0. The summed E-state index contributed by atoms with van der Waals surface area (Å²) in [7, 11) is 0. The highest BCUT2D eigenvalue weighted by molar-refractivity contribution is 6.07. The van der Waals surface area contributed by atoms with Crippen LogP contribution >= 0.6 is 0 Å². The maximum Gasteiger partial charge on any atom is 0.271 e. The molecule has 7 nitrogen and oxygen atoms in total. The molecule has 0 atom stereocenters. The molecule has 1 heterocycles. The number of benzene rings is 2. The number of nitrogens with one attached hydrogen (secondary N) is 4. The van der Waals surface area contributed by atoms with Gasteiger partial charge in [-0.1, -0.05) is 18.2 Å². The van der Waals surface area contributed by atoms with Gasteiger partial charge in [-0.2, -0.15) is 0 Å². The number of halogens is 2. The Kier molecular flexibility index (Phi) is 6.18. The Morgan fingerprint density at radius 1 is 0.931 bits per heavy atom. The third-order valence-electron chi connectivity index (χ3n) is 4.19. The minimum atomic E-state index is -0.958. The number of para-hydroxylation sites is 1. The van der Waals surface area contributed by atoms with E-state index in [2.05, 4.69) is 21.2 Å². The molecular formula is C20H18F2N4O3. The predicted octanol–water partition coefficient (Wildman–Crippen LogP) is 2.42. The minimum Gasteiger partial charge on any atom is -0.360 e. The van der Waals surface area contributed by atoms with Gasteiger partial charge in [-0.3, -0.25) is 25.2 Å². The molecule has 0 spiro atoms. The number of carbonyl (C=O) groups is 3. The van der Waals surface area contributed by atoms with Crippen molar-refractivity contribution in [2.24, 2.45) is 0 Å². The lowest BCUT2D eigenvalue weighted by Crippen LogP contribution is -2.41. The van der Waals surface area contributed by atoms with Crippen LogP contribution in [0.15, 0.2) is 48.7 Å². The molecule has 0 aliphatic carbocycles. The van der Waals surface area contributed by atoms with Crippen molar-refractivity contribution in [1.82, 2.24) is 21.2 Å². The molecular weight excluding hydrogens is 382 g/mol. The van der Waals surface area contributed by atoms with E-state index < -0.39 is 29.4 Å². The number of aromatic nitrogens is 1. The summed E-state index contributed by atoms with van der Waals surface area (Å²) in [5.41, 5.74) is 5.56. The van der Waals surface area contributed by atoms with Crippen LogP contribution < -0.4 is 16.2 Å². The van der Waals surface area contributed by atoms with Gasteiger partial charge in [0.15, 0.2) is 0 Å². The van der Waals surface area contributed by atoms with Crippen LogP contribution in [0.2, 0.25) is 0 Å². The van der Waals surface area contributed by atoms with Gasteiger partial charge >= 0.3 is 0 Å². The molecule has 3 aromatic rings. The van der Waals surface area contributed by atoms with Crippen LogP contribution in [-0.4, -0.2) is 29.3 Å². The molecule has 0 radical (unpaired) electrons. The number of rotatable bonds is 6. The number of aromatic amines is 1. The monoisotopic (exact) mass is 400 g/mol. The van der Waals surface area contributed by atoms with Gasteiger partial charge in [-0.15, -0.1) is 0 Å². The first kappa shape index (κ1) is 20.0. The van der Waals surface area contributed by atoms with E-state index in [-0.39, 0.29) is 24.9 Å². The Hall–Kier alpha value is -3.75. The van der Waals surface area contributed by atoms with Crippen LogP contribution in [0.1, 0.15) is 33.6 Å². The molecule has 9 heteroatoms. The van der Waals surface area contributed by atoms with Crippen LogP contribution in [0, 0.1) is 11.6 Å². The van der Waals surface area contributed by atoms with Crippen LogP contribution in [0.3, 0.4) is 0 Å². The van der Waals surface area contributed by atoms with Crippen molar-refractivity contribution in [3.05, 3.63) is 71.4 Å². The largest absolute Gasteiger partial charge is 0.360 e. The smallest absolute Gasteiger partial charge is 0.271 e. The highest BCUT2D eigenvalue weighted by Crippen LogP contribution is 2.17. The summed E-state index contributed by atoms with van der Waals surface area (Å²) in [4.78, 5) is 38.8. The Morgan fingerprint density at radius 3 is 2.52 bits per heavy atom. The highest BCUT2D eigenvalue weighted by Gasteiger charge is 2.14. The van der Waals surface area contributed by atoms with E-state index in [4.69, 9.17) is 0 Å². The Labute approximate surface area is 164 Å². The first-order valence-electron chi connectivity index (χ1n) is 8.84. The van der Waals surface area contributed by atoms with Crippen molar-refractivity contribution < 1.29 is 23.2 Å². The van der Waals surface area contributed by atoms with Gasteiger partial charge in [0.1, 0.15) is 11.6 Å². The number of fused-ring (bicyclic) bond motifs is 1. The van der Waals surface area contributed by atoms with Gasteiger partial charge in [0.2, 0.25) is 5.91 Å². The SMILES string of the molecule is O=C(CCCNC(=O)c1ccc(F)cc1F)NNC(=O)c1c[nH]c2ccccc12. The van der Waals surface area contributed by atoms with Crippen molar-refractivity contribution in [3.63, 3.8) is 0 Å². The Balaban J connectivity index is 1.40. The summed E-state index contributed by atoms with van der Waals surface area (Å²) < 4.78 is 26.4. The average Bonchev–Trinajstić information content (AvgIpc) is 3.13. The van der Waals surface area contributed by atoms with Gasteiger partial charge in [0.25, 0.3) is 11.8 Å². The van der Waals surface area contributed by atoms with E-state index in [1.165, 1.54) is 0 Å². The van der Waals surface area contributed by atoms with E-state index >= 15 is 0 Å². The summed E-state index contributed by atoms with van der Waals surface area (Å²) in [5.74, 6) is -3.34. The summed E-state index contributed by atoms with van der Waals surface area (Å²) in [5, 5.41) is 3.18. The zero-order chi connectivity index (χ0) is 20.8. The second kappa shape index (κ2) is 8.96. The second-order valence-electron chi connectivity index (χ2n) is 6.23. The molecule has 3 amide bonds. The van der Waals surface area contributed by atoms with E-state index in [1.807, 2.05) is 12.1 Å². The molecule has 3 rings (SSSR count). The van der Waals surface area contributed by atoms with Crippen molar-refractivity contribution in [2.45, 2.75) is 12.8 Å². The molecule has 2 aromatic carbocycles. The third-order valence-corrected chi connectivity index (χ3v) is 4.19. The van der Waals surface area contributed by atoms with E-state index in [0.717, 1.165) is 23.0 Å². The van der Waals surface area contributed by atoms with Crippen LogP contribution in [0.4, 0.5) is 8.78 Å². The maximum absolute atomic E-state index is 13.5. The van der Waals surface area contributed by atoms with Gasteiger partial charge < -0.3 is 10.3 Å². The minimum absolute atomic E-state index is 0.0281. The van der Waals surface area contributed by atoms with Crippen LogP contribution in [0.5, 0.6) is 0 Å². The van der Waals surface area contributed by atoms with Crippen molar-refractivity contribution >= 4 is 28.6 Å². The standard InChI is InChI=1S/C20H18F2N4O3/c21-12-7-8-14(16(22)10-12)19(28)23-9-3-6-18(27)25-26-20(29)15-11-24-17-5-2-1-4-13(15)17/h1-2,4-5,7-8,10-11,24H,3,6,9H2,(H,23,28)(H,25,27)(H,26,29). The van der Waals surface area contributed by atoms with E-state index in [0.29, 0.717) is 11.6 Å². The summed E-state index contributed by atoms with van der Waals surface area (Å²) in [6, 6.07) is 9.92. The fourth-order valence-corrected chi connectivity index (χ4v) is 2.74. The number of amides is 3. The van der Waals surface area contributed by atoms with E-state index in [9.17, 15) is 23.2 Å². The van der Waals surface area contributed by atoms with Gasteiger partial charge in [-0.25, -0.2) is 8.78 Å². The quantitative estimate of drug-likeness (QED) is 0.377. The highest BCUT2D eigenvalue weighted by atomic mass is 19.1. The summed E-state index contributed by atoms with van der Waals surface area (Å²) in [6.45, 7) is 0.111. The van der Waals surface area contributed by atoms with E-state index in [1.54, 1.807) is 18.3 Å². The zero-order valence-electron chi connectivity index (χ0n) is 15.2. The number of carbonyl (C=O) groups excluding carboxylic acids is 3. The molecule has 150 valence electrons. The molecule has 0 saturated carbocycles. The third kappa shape index (κ3) is 4.95.